The average Bonchev–Trinajstić information content (AvgIpc) is 2.63. The Morgan fingerprint density at radius 2 is 1.72 bits per heavy atom. The minimum Gasteiger partial charge on any atom is -0.321 e. The summed E-state index contributed by atoms with van der Waals surface area (Å²) in [4.78, 5) is 12.4. The Morgan fingerprint density at radius 3 is 2.52 bits per heavy atom. The number of hydrogen-bond acceptors (Lipinski definition) is 2. The SMILES string of the molecule is N#CC(=Cc1cccc(F)c1F)C(=O)Nc1cccc2ccccc12. The van der Waals surface area contributed by atoms with E-state index in [0.29, 0.717) is 5.69 Å². The van der Waals surface area contributed by atoms with Crippen molar-refractivity contribution in [2.24, 2.45) is 0 Å². The van der Waals surface area contributed by atoms with Crippen molar-refractivity contribution in [2.45, 2.75) is 0 Å². The van der Waals surface area contributed by atoms with Gasteiger partial charge in [-0.3, -0.25) is 4.79 Å². The van der Waals surface area contributed by atoms with Gasteiger partial charge in [0.25, 0.3) is 5.91 Å². The van der Waals surface area contributed by atoms with Crippen LogP contribution in [0.25, 0.3) is 16.8 Å². The lowest BCUT2D eigenvalue weighted by Crippen LogP contribution is -2.13. The van der Waals surface area contributed by atoms with E-state index < -0.39 is 17.5 Å². The van der Waals surface area contributed by atoms with Gasteiger partial charge in [0.1, 0.15) is 11.6 Å². The minimum absolute atomic E-state index is 0.162. The number of nitrogens with one attached hydrogen (secondary N) is 1. The standard InChI is InChI=1S/C20H12F2N2O/c21-17-9-3-7-14(19(17)22)11-15(12-23)20(25)24-18-10-4-6-13-5-1-2-8-16(13)18/h1-11H,(H,24,25). The number of nitriles is 1. The van der Waals surface area contributed by atoms with Gasteiger partial charge in [-0.2, -0.15) is 5.26 Å². The Bertz CT molecular complexity index is 1030. The third kappa shape index (κ3) is 3.38. The number of halogens is 2. The molecule has 0 fully saturated rings. The van der Waals surface area contributed by atoms with Crippen LogP contribution in [-0.4, -0.2) is 5.91 Å². The lowest BCUT2D eigenvalue weighted by molar-refractivity contribution is -0.112. The largest absolute Gasteiger partial charge is 0.321 e. The van der Waals surface area contributed by atoms with E-state index in [1.165, 1.54) is 12.1 Å². The van der Waals surface area contributed by atoms with Gasteiger partial charge in [-0.25, -0.2) is 8.78 Å². The normalized spacial score (nSPS) is 11.2. The maximum atomic E-state index is 13.7. The van der Waals surface area contributed by atoms with Crippen LogP contribution in [0.4, 0.5) is 14.5 Å². The van der Waals surface area contributed by atoms with Gasteiger partial charge in [0.2, 0.25) is 0 Å². The van der Waals surface area contributed by atoms with Gasteiger partial charge in [-0.15, -0.1) is 0 Å². The molecule has 3 rings (SSSR count). The molecule has 0 aliphatic heterocycles. The fourth-order valence-electron chi connectivity index (χ4n) is 2.46. The maximum Gasteiger partial charge on any atom is 0.266 e. The monoisotopic (exact) mass is 334 g/mol. The highest BCUT2D eigenvalue weighted by molar-refractivity contribution is 6.12. The molecule has 0 bridgehead atoms. The second-order valence-corrected chi connectivity index (χ2v) is 5.29. The lowest BCUT2D eigenvalue weighted by atomic mass is 10.1. The topological polar surface area (TPSA) is 52.9 Å². The van der Waals surface area contributed by atoms with E-state index in [1.54, 1.807) is 18.2 Å². The summed E-state index contributed by atoms with van der Waals surface area (Å²) in [5.74, 6) is -2.84. The van der Waals surface area contributed by atoms with Crippen LogP contribution >= 0.6 is 0 Å². The van der Waals surface area contributed by atoms with Gasteiger partial charge in [0.15, 0.2) is 11.6 Å². The molecule has 0 saturated heterocycles. The second kappa shape index (κ2) is 6.93. The van der Waals surface area contributed by atoms with E-state index in [9.17, 15) is 18.8 Å². The van der Waals surface area contributed by atoms with Crippen molar-refractivity contribution in [3.05, 3.63) is 83.4 Å². The molecular formula is C20H12F2N2O. The third-order valence-corrected chi connectivity index (χ3v) is 3.68. The van der Waals surface area contributed by atoms with Gasteiger partial charge in [-0.05, 0) is 23.6 Å². The van der Waals surface area contributed by atoms with Crippen molar-refractivity contribution in [1.29, 1.82) is 5.26 Å². The van der Waals surface area contributed by atoms with Crippen molar-refractivity contribution in [1.82, 2.24) is 0 Å². The number of carbonyl (C=O) groups excluding carboxylic acids is 1. The molecule has 0 aliphatic carbocycles. The highest BCUT2D eigenvalue weighted by atomic mass is 19.2. The first-order valence-electron chi connectivity index (χ1n) is 7.45. The molecule has 0 heterocycles. The van der Waals surface area contributed by atoms with Gasteiger partial charge in [0, 0.05) is 16.6 Å². The van der Waals surface area contributed by atoms with E-state index in [4.69, 9.17) is 0 Å². The summed E-state index contributed by atoms with van der Waals surface area (Å²) < 4.78 is 27.0. The molecular weight excluding hydrogens is 322 g/mol. The predicted octanol–water partition coefficient (Wildman–Crippen LogP) is 4.66. The Labute approximate surface area is 142 Å². The van der Waals surface area contributed by atoms with Crippen molar-refractivity contribution in [3.63, 3.8) is 0 Å². The zero-order chi connectivity index (χ0) is 17.8. The molecule has 122 valence electrons. The Morgan fingerprint density at radius 1 is 1.00 bits per heavy atom. The Kier molecular flexibility index (Phi) is 4.53. The second-order valence-electron chi connectivity index (χ2n) is 5.29. The Hall–Kier alpha value is -3.52. The molecule has 1 amide bonds. The molecule has 1 N–H and O–H groups in total. The zero-order valence-electron chi connectivity index (χ0n) is 13.0. The van der Waals surface area contributed by atoms with Crippen LogP contribution in [0.2, 0.25) is 0 Å². The van der Waals surface area contributed by atoms with E-state index in [-0.39, 0.29) is 11.1 Å². The number of carbonyl (C=O) groups is 1. The molecule has 0 saturated carbocycles. The molecule has 3 aromatic carbocycles. The quantitative estimate of drug-likeness (QED) is 0.559. The number of amides is 1. The molecule has 5 heteroatoms. The third-order valence-electron chi connectivity index (χ3n) is 3.68. The van der Waals surface area contributed by atoms with Crippen molar-refractivity contribution >= 4 is 28.4 Å². The molecule has 25 heavy (non-hydrogen) atoms. The Balaban J connectivity index is 1.94. The molecule has 3 aromatic rings. The summed E-state index contributed by atoms with van der Waals surface area (Å²) in [6.45, 7) is 0. The van der Waals surface area contributed by atoms with Crippen LogP contribution < -0.4 is 5.32 Å². The maximum absolute atomic E-state index is 13.7. The van der Waals surface area contributed by atoms with Gasteiger partial charge in [-0.1, -0.05) is 48.5 Å². The van der Waals surface area contributed by atoms with Crippen LogP contribution in [0, 0.1) is 23.0 Å². The van der Waals surface area contributed by atoms with Crippen LogP contribution in [-0.2, 0) is 4.79 Å². The van der Waals surface area contributed by atoms with E-state index in [0.717, 1.165) is 22.9 Å². The lowest BCUT2D eigenvalue weighted by Gasteiger charge is -2.08. The summed E-state index contributed by atoms with van der Waals surface area (Å²) in [5, 5.41) is 13.6. The number of anilines is 1. The number of fused-ring (bicyclic) bond motifs is 1. The zero-order valence-corrected chi connectivity index (χ0v) is 13.0. The number of hydrogen-bond donors (Lipinski definition) is 1. The molecule has 0 aliphatic rings. The van der Waals surface area contributed by atoms with Crippen LogP contribution in [0.5, 0.6) is 0 Å². The van der Waals surface area contributed by atoms with E-state index >= 15 is 0 Å². The van der Waals surface area contributed by atoms with Crippen LogP contribution in [0.15, 0.2) is 66.2 Å². The number of benzene rings is 3. The molecule has 0 aromatic heterocycles. The molecule has 0 unspecified atom stereocenters. The summed E-state index contributed by atoms with van der Waals surface area (Å²) in [5.41, 5.74) is 0.0472. The first kappa shape index (κ1) is 16.3. The fourth-order valence-corrected chi connectivity index (χ4v) is 2.46. The molecule has 0 atom stereocenters. The smallest absolute Gasteiger partial charge is 0.266 e. The van der Waals surface area contributed by atoms with Crippen LogP contribution in [0.3, 0.4) is 0 Å². The molecule has 3 nitrogen and oxygen atoms in total. The summed E-state index contributed by atoms with van der Waals surface area (Å²) in [6, 6.07) is 18.1. The first-order valence-corrected chi connectivity index (χ1v) is 7.45. The number of rotatable bonds is 3. The minimum atomic E-state index is -1.10. The van der Waals surface area contributed by atoms with Crippen molar-refractivity contribution in [2.75, 3.05) is 5.32 Å². The molecule has 0 spiro atoms. The first-order chi connectivity index (χ1) is 12.1. The van der Waals surface area contributed by atoms with Crippen molar-refractivity contribution < 1.29 is 13.6 Å². The predicted molar refractivity (Wildman–Crippen MR) is 92.5 cm³/mol. The van der Waals surface area contributed by atoms with Gasteiger partial charge in [0.05, 0.1) is 0 Å². The summed E-state index contributed by atoms with van der Waals surface area (Å²) in [6.07, 6.45) is 1.03. The fraction of sp³-hybridized carbons (Fsp3) is 0. The van der Waals surface area contributed by atoms with Crippen LogP contribution in [0.1, 0.15) is 5.56 Å². The van der Waals surface area contributed by atoms with Gasteiger partial charge < -0.3 is 5.32 Å². The molecule has 0 radical (unpaired) electrons. The van der Waals surface area contributed by atoms with Gasteiger partial charge >= 0.3 is 0 Å². The summed E-state index contributed by atoms with van der Waals surface area (Å²) in [7, 11) is 0. The van der Waals surface area contributed by atoms with Crippen molar-refractivity contribution in [3.8, 4) is 6.07 Å². The highest BCUT2D eigenvalue weighted by Crippen LogP contribution is 2.24. The highest BCUT2D eigenvalue weighted by Gasteiger charge is 2.13. The van der Waals surface area contributed by atoms with E-state index in [2.05, 4.69) is 5.32 Å². The average molecular weight is 334 g/mol. The van der Waals surface area contributed by atoms with E-state index in [1.807, 2.05) is 30.3 Å². The number of nitrogens with zero attached hydrogens (tertiary/aromatic N) is 1. The summed E-state index contributed by atoms with van der Waals surface area (Å²) >= 11 is 0.